The second-order valence-corrected chi connectivity index (χ2v) is 9.66. The molecule has 4 heterocycles. The van der Waals surface area contributed by atoms with E-state index < -0.39 is 32.4 Å². The number of phosphoric ester groups is 1. The van der Waals surface area contributed by atoms with Crippen LogP contribution in [0.15, 0.2) is 40.6 Å². The van der Waals surface area contributed by atoms with Gasteiger partial charge in [-0.25, -0.2) is 19.5 Å². The van der Waals surface area contributed by atoms with Gasteiger partial charge in [0.1, 0.15) is 24.6 Å². The number of phosphoric acid groups is 1. The molecule has 164 valence electrons. The summed E-state index contributed by atoms with van der Waals surface area (Å²) in [5.41, 5.74) is 8.07. The van der Waals surface area contributed by atoms with Gasteiger partial charge < -0.3 is 20.1 Å². The summed E-state index contributed by atoms with van der Waals surface area (Å²) in [5.74, 6) is 0.235. The maximum absolute atomic E-state index is 12.0. The van der Waals surface area contributed by atoms with E-state index in [9.17, 15) is 9.46 Å². The van der Waals surface area contributed by atoms with Crippen LogP contribution in [0, 0.1) is 6.92 Å². The first kappa shape index (κ1) is 20.8. The fraction of sp³-hybridized carbons (Fsp3) is 0.389. The smallest absolute Gasteiger partial charge is 0.382 e. The number of hydrogen-bond acceptors (Lipinski definition) is 10. The molecule has 0 aliphatic carbocycles. The Bertz CT molecular complexity index is 1170. The predicted octanol–water partition coefficient (Wildman–Crippen LogP) is 2.30. The molecule has 3 aromatic rings. The lowest BCUT2D eigenvalue weighted by atomic mass is 10.1. The number of anilines is 1. The summed E-state index contributed by atoms with van der Waals surface area (Å²) in [6.45, 7) is 1.91. The van der Waals surface area contributed by atoms with Crippen molar-refractivity contribution < 1.29 is 28.0 Å². The molecule has 1 unspecified atom stereocenters. The number of nitrogens with two attached hydrogens (primary N) is 1. The van der Waals surface area contributed by atoms with E-state index in [1.54, 1.807) is 4.57 Å². The highest BCUT2D eigenvalue weighted by molar-refractivity contribution is 7.99. The molecule has 13 heteroatoms. The highest BCUT2D eigenvalue weighted by Gasteiger charge is 2.54. The number of ether oxygens (including phenoxy) is 2. The Hall–Kier alpha value is -2.05. The Morgan fingerprint density at radius 2 is 2.10 bits per heavy atom. The lowest BCUT2D eigenvalue weighted by Crippen LogP contribution is -2.40. The summed E-state index contributed by atoms with van der Waals surface area (Å²) >= 11 is 1.41. The molecule has 31 heavy (non-hydrogen) atoms. The van der Waals surface area contributed by atoms with Crippen molar-refractivity contribution in [3.8, 4) is 0 Å². The molecular weight excluding hydrogens is 445 g/mol. The van der Waals surface area contributed by atoms with Gasteiger partial charge in [0, 0.05) is 12.0 Å². The second kappa shape index (κ2) is 7.82. The molecule has 0 radical (unpaired) electrons. The van der Waals surface area contributed by atoms with Crippen molar-refractivity contribution >= 4 is 36.6 Å². The zero-order valence-corrected chi connectivity index (χ0v) is 18.3. The van der Waals surface area contributed by atoms with Crippen LogP contribution in [0.3, 0.4) is 0 Å². The maximum atomic E-state index is 12.0. The number of methoxy groups -OCH3 is 1. The molecule has 0 amide bonds. The minimum absolute atomic E-state index is 0.0982. The molecule has 2 aliphatic rings. The highest BCUT2D eigenvalue weighted by atomic mass is 32.2. The van der Waals surface area contributed by atoms with E-state index in [0.717, 1.165) is 10.5 Å². The van der Waals surface area contributed by atoms with Gasteiger partial charge in [-0.1, -0.05) is 29.5 Å². The number of aryl methyl sites for hydroxylation is 1. The van der Waals surface area contributed by atoms with Crippen LogP contribution in [-0.4, -0.2) is 56.4 Å². The number of nitrogen functional groups attached to an aromatic ring is 1. The number of rotatable bonds is 4. The fourth-order valence-corrected chi connectivity index (χ4v) is 5.57. The first-order chi connectivity index (χ1) is 14.9. The summed E-state index contributed by atoms with van der Waals surface area (Å²) in [7, 11) is -2.69. The molecule has 3 N–H and O–H groups in total. The van der Waals surface area contributed by atoms with Gasteiger partial charge in [0.05, 0.1) is 6.61 Å². The van der Waals surface area contributed by atoms with Gasteiger partial charge in [-0.05, 0) is 19.1 Å². The molecule has 11 nitrogen and oxygen atoms in total. The third-order valence-corrected chi connectivity index (χ3v) is 7.14. The monoisotopic (exact) mass is 465 g/mol. The minimum Gasteiger partial charge on any atom is -0.382 e. The van der Waals surface area contributed by atoms with Gasteiger partial charge in [-0.3, -0.25) is 13.6 Å². The third kappa shape index (κ3) is 3.74. The molecule has 2 aliphatic heterocycles. The van der Waals surface area contributed by atoms with Gasteiger partial charge in [-0.15, -0.1) is 0 Å². The first-order valence-corrected chi connectivity index (χ1v) is 11.7. The molecule has 0 spiro atoms. The Morgan fingerprint density at radius 1 is 1.32 bits per heavy atom. The van der Waals surface area contributed by atoms with E-state index in [0.29, 0.717) is 16.3 Å². The number of imidazole rings is 1. The van der Waals surface area contributed by atoms with Crippen molar-refractivity contribution in [2.45, 2.75) is 41.5 Å². The summed E-state index contributed by atoms with van der Waals surface area (Å²) in [4.78, 5) is 23.8. The molecule has 2 fully saturated rings. The summed E-state index contributed by atoms with van der Waals surface area (Å²) < 4.78 is 35.7. The molecule has 2 saturated heterocycles. The van der Waals surface area contributed by atoms with Crippen LogP contribution in [0.2, 0.25) is 0 Å². The number of nitrogens with zero attached hydrogens (tertiary/aromatic N) is 4. The third-order valence-electron chi connectivity index (χ3n) is 5.17. The van der Waals surface area contributed by atoms with E-state index >= 15 is 0 Å². The molecular formula is C18H20N5O6PS. The van der Waals surface area contributed by atoms with Crippen molar-refractivity contribution in [2.24, 2.45) is 0 Å². The number of benzene rings is 1. The van der Waals surface area contributed by atoms with Crippen molar-refractivity contribution in [2.75, 3.05) is 19.5 Å². The maximum Gasteiger partial charge on any atom is 0.472 e. The van der Waals surface area contributed by atoms with E-state index in [-0.39, 0.29) is 12.4 Å². The molecule has 5 rings (SSSR count). The van der Waals surface area contributed by atoms with Crippen LogP contribution in [-0.2, 0) is 23.1 Å². The van der Waals surface area contributed by atoms with Crippen LogP contribution >= 0.6 is 19.6 Å². The van der Waals surface area contributed by atoms with Gasteiger partial charge in [0.15, 0.2) is 28.4 Å². The lowest BCUT2D eigenvalue weighted by molar-refractivity contribution is -0.0690. The Balaban J connectivity index is 1.60. The molecule has 0 saturated carbocycles. The first-order valence-electron chi connectivity index (χ1n) is 9.43. The van der Waals surface area contributed by atoms with Crippen LogP contribution < -0.4 is 5.73 Å². The second-order valence-electron chi connectivity index (χ2n) is 7.21. The van der Waals surface area contributed by atoms with Crippen LogP contribution in [0.5, 0.6) is 0 Å². The largest absolute Gasteiger partial charge is 0.472 e. The zero-order valence-electron chi connectivity index (χ0n) is 16.6. The van der Waals surface area contributed by atoms with Gasteiger partial charge in [-0.2, -0.15) is 0 Å². The van der Waals surface area contributed by atoms with Crippen molar-refractivity contribution in [3.05, 3.63) is 36.2 Å². The van der Waals surface area contributed by atoms with E-state index in [1.807, 2.05) is 31.2 Å². The Kier molecular flexibility index (Phi) is 5.25. The van der Waals surface area contributed by atoms with Gasteiger partial charge in [0.25, 0.3) is 0 Å². The molecule has 5 atom stereocenters. The Morgan fingerprint density at radius 3 is 2.84 bits per heavy atom. The van der Waals surface area contributed by atoms with Crippen LogP contribution in [0.1, 0.15) is 11.8 Å². The van der Waals surface area contributed by atoms with E-state index in [4.69, 9.17) is 24.3 Å². The molecule has 1 aromatic carbocycles. The molecule has 0 bridgehead atoms. The Labute approximate surface area is 181 Å². The quantitative estimate of drug-likeness (QED) is 0.548. The van der Waals surface area contributed by atoms with E-state index in [1.165, 1.54) is 25.2 Å². The number of fused-ring (bicyclic) bond motifs is 2. The fourth-order valence-electron chi connectivity index (χ4n) is 3.70. The van der Waals surface area contributed by atoms with E-state index in [2.05, 4.69) is 15.0 Å². The van der Waals surface area contributed by atoms with Crippen molar-refractivity contribution in [1.82, 2.24) is 19.5 Å². The van der Waals surface area contributed by atoms with Crippen molar-refractivity contribution in [3.63, 3.8) is 0 Å². The lowest BCUT2D eigenvalue weighted by Gasteiger charge is -2.29. The van der Waals surface area contributed by atoms with Crippen LogP contribution in [0.25, 0.3) is 11.2 Å². The average Bonchev–Trinajstić information content (AvgIpc) is 3.26. The average molecular weight is 465 g/mol. The number of aromatic nitrogens is 4. The molecule has 2 aromatic heterocycles. The standard InChI is InChI=1S/C18H20N5O6PS/c1-9-3-5-10(6-4-9)31-18-22-12-15(19)20-8-21-16(12)23(18)17-14(26-2)13-11(28-17)7-27-30(24,25)29-13/h3-6,8,11,13-14,17H,7H2,1-2H3,(H,24,25)(H2,19,20,21)/t11-,13-,14-,17-/m1/s1. The topological polar surface area (TPSA) is 144 Å². The SMILES string of the molecule is CO[C@@H]1[C@@H]2OP(=O)(O)OC[C@H]2O[C@H]1n1c(Sc2ccc(C)cc2)nc2c(N)ncnc21. The summed E-state index contributed by atoms with van der Waals surface area (Å²) in [6.07, 6.45) is -1.50. The summed E-state index contributed by atoms with van der Waals surface area (Å²) in [5, 5.41) is 0.560. The predicted molar refractivity (Wildman–Crippen MR) is 110 cm³/mol. The summed E-state index contributed by atoms with van der Waals surface area (Å²) in [6, 6.07) is 7.99. The highest BCUT2D eigenvalue weighted by Crippen LogP contribution is 2.53. The van der Waals surface area contributed by atoms with Crippen LogP contribution in [0.4, 0.5) is 5.82 Å². The van der Waals surface area contributed by atoms with Gasteiger partial charge in [0.2, 0.25) is 0 Å². The normalized spacial score (nSPS) is 30.5. The zero-order chi connectivity index (χ0) is 21.8. The minimum atomic E-state index is -4.17. The van der Waals surface area contributed by atoms with Gasteiger partial charge >= 0.3 is 7.82 Å². The number of hydrogen-bond donors (Lipinski definition) is 2. The van der Waals surface area contributed by atoms with Crippen molar-refractivity contribution in [1.29, 1.82) is 0 Å².